The third-order valence-corrected chi connectivity index (χ3v) is 10.5. The molecule has 0 bridgehead atoms. The first-order valence-corrected chi connectivity index (χ1v) is 12.4. The zero-order valence-corrected chi connectivity index (χ0v) is 17.7. The summed E-state index contributed by atoms with van der Waals surface area (Å²) in [6, 6.07) is 0. The lowest BCUT2D eigenvalue weighted by Crippen LogP contribution is -2.49. The van der Waals surface area contributed by atoms with Crippen molar-refractivity contribution in [2.75, 3.05) is 0 Å². The lowest BCUT2D eigenvalue weighted by atomic mass is 9.49. The SMILES string of the molecule is C[C@]12CCC3[C@@H](CC[C@@H]4CC(C(F)(F)F)CC[C@H]34)C1CCC2CCCC1CC1. The molecule has 5 aliphatic rings. The fourth-order valence-electron chi connectivity index (χ4n) is 8.79. The number of hydrogen-bond acceptors (Lipinski definition) is 0. The second-order valence-corrected chi connectivity index (χ2v) is 11.7. The molecule has 0 aromatic rings. The molecule has 0 radical (unpaired) electrons. The Morgan fingerprint density at radius 2 is 1.57 bits per heavy atom. The zero-order chi connectivity index (χ0) is 19.5. The lowest BCUT2D eigenvalue weighted by Gasteiger charge is -2.56. The Labute approximate surface area is 169 Å². The van der Waals surface area contributed by atoms with Crippen LogP contribution in [-0.2, 0) is 0 Å². The number of alkyl halides is 3. The van der Waals surface area contributed by atoms with Gasteiger partial charge in [0, 0.05) is 0 Å². The van der Waals surface area contributed by atoms with Crippen molar-refractivity contribution in [2.45, 2.75) is 103 Å². The van der Waals surface area contributed by atoms with Gasteiger partial charge in [0.05, 0.1) is 5.92 Å². The van der Waals surface area contributed by atoms with Crippen LogP contribution >= 0.6 is 0 Å². The highest BCUT2D eigenvalue weighted by Gasteiger charge is 2.57. The third-order valence-electron chi connectivity index (χ3n) is 10.5. The van der Waals surface area contributed by atoms with Gasteiger partial charge in [0.25, 0.3) is 0 Å². The van der Waals surface area contributed by atoms with Crippen LogP contribution < -0.4 is 0 Å². The van der Waals surface area contributed by atoms with E-state index in [2.05, 4.69) is 6.92 Å². The molecule has 5 fully saturated rings. The minimum absolute atomic E-state index is 0.363. The molecule has 4 unspecified atom stereocenters. The Kier molecular flexibility index (Phi) is 5.07. The number of rotatable bonds is 4. The van der Waals surface area contributed by atoms with E-state index in [-0.39, 0.29) is 0 Å². The van der Waals surface area contributed by atoms with Crippen LogP contribution in [-0.4, -0.2) is 6.18 Å². The maximum Gasteiger partial charge on any atom is 0.391 e. The van der Waals surface area contributed by atoms with Gasteiger partial charge in [0.15, 0.2) is 0 Å². The zero-order valence-electron chi connectivity index (χ0n) is 17.7. The largest absolute Gasteiger partial charge is 0.391 e. The van der Waals surface area contributed by atoms with Crippen molar-refractivity contribution in [3.8, 4) is 0 Å². The Morgan fingerprint density at radius 1 is 0.786 bits per heavy atom. The van der Waals surface area contributed by atoms with Crippen molar-refractivity contribution in [1.82, 2.24) is 0 Å². The molecule has 0 aromatic heterocycles. The van der Waals surface area contributed by atoms with Crippen LogP contribution in [0, 0.1) is 52.8 Å². The van der Waals surface area contributed by atoms with E-state index >= 15 is 0 Å². The standard InChI is InChI=1S/C25H39F3/c1-24-14-13-21-20-11-8-19(25(26,27)28)15-17(20)7-10-22(21)23(24)12-9-18(24)4-2-3-16-5-6-16/h16-23H,2-15H2,1H3/t17-,18?,19?,20+,21?,22-,23?,24-/m1/s1. The molecule has 0 amide bonds. The molecule has 0 aliphatic heterocycles. The second kappa shape index (κ2) is 7.19. The van der Waals surface area contributed by atoms with Crippen LogP contribution in [0.2, 0.25) is 0 Å². The number of halogens is 3. The van der Waals surface area contributed by atoms with Gasteiger partial charge in [-0.2, -0.15) is 13.2 Å². The van der Waals surface area contributed by atoms with Crippen molar-refractivity contribution < 1.29 is 13.2 Å². The molecule has 0 nitrogen and oxygen atoms in total. The molecule has 5 saturated carbocycles. The van der Waals surface area contributed by atoms with Gasteiger partial charge in [0.1, 0.15) is 0 Å². The predicted octanol–water partition coefficient (Wildman–Crippen LogP) is 8.01. The van der Waals surface area contributed by atoms with Gasteiger partial charge in [-0.05, 0) is 111 Å². The second-order valence-electron chi connectivity index (χ2n) is 11.7. The quantitative estimate of drug-likeness (QED) is 0.451. The average molecular weight is 397 g/mol. The summed E-state index contributed by atoms with van der Waals surface area (Å²) in [7, 11) is 0. The topological polar surface area (TPSA) is 0 Å². The normalized spacial score (nSPS) is 48.6. The molecule has 0 N–H and O–H groups in total. The lowest BCUT2D eigenvalue weighted by molar-refractivity contribution is -0.196. The van der Waals surface area contributed by atoms with Gasteiger partial charge in [-0.15, -0.1) is 0 Å². The van der Waals surface area contributed by atoms with Gasteiger partial charge in [-0.3, -0.25) is 0 Å². The number of hydrogen-bond donors (Lipinski definition) is 0. The summed E-state index contributed by atoms with van der Waals surface area (Å²) in [5.41, 5.74) is 0.542. The van der Waals surface area contributed by atoms with E-state index in [0.717, 1.165) is 42.4 Å². The molecule has 160 valence electrons. The fourth-order valence-corrected chi connectivity index (χ4v) is 8.79. The van der Waals surface area contributed by atoms with Gasteiger partial charge in [0.2, 0.25) is 0 Å². The highest BCUT2D eigenvalue weighted by atomic mass is 19.4. The summed E-state index contributed by atoms with van der Waals surface area (Å²) >= 11 is 0. The van der Waals surface area contributed by atoms with Crippen LogP contribution in [0.4, 0.5) is 13.2 Å². The molecule has 0 aromatic carbocycles. The Hall–Kier alpha value is -0.210. The van der Waals surface area contributed by atoms with Crippen LogP contribution in [0.3, 0.4) is 0 Å². The molecule has 0 spiro atoms. The molecule has 3 heteroatoms. The number of fused-ring (bicyclic) bond motifs is 5. The average Bonchev–Trinajstić information content (AvgIpc) is 3.42. The fraction of sp³-hybridized carbons (Fsp3) is 1.00. The van der Waals surface area contributed by atoms with Crippen molar-refractivity contribution in [2.24, 2.45) is 52.8 Å². The van der Waals surface area contributed by atoms with E-state index in [9.17, 15) is 13.2 Å². The molecule has 0 saturated heterocycles. The molecule has 8 atom stereocenters. The van der Waals surface area contributed by atoms with Crippen molar-refractivity contribution in [3.63, 3.8) is 0 Å². The van der Waals surface area contributed by atoms with E-state index in [1.165, 1.54) is 64.2 Å². The Morgan fingerprint density at radius 3 is 2.32 bits per heavy atom. The van der Waals surface area contributed by atoms with Crippen molar-refractivity contribution in [1.29, 1.82) is 0 Å². The van der Waals surface area contributed by atoms with Crippen molar-refractivity contribution in [3.05, 3.63) is 0 Å². The summed E-state index contributed by atoms with van der Waals surface area (Å²) in [5.74, 6) is 4.39. The van der Waals surface area contributed by atoms with Crippen LogP contribution in [0.25, 0.3) is 0 Å². The first-order valence-electron chi connectivity index (χ1n) is 12.4. The summed E-state index contributed by atoms with van der Waals surface area (Å²) in [5, 5.41) is 0. The molecule has 0 heterocycles. The summed E-state index contributed by atoms with van der Waals surface area (Å²) < 4.78 is 39.8. The smallest absolute Gasteiger partial charge is 0.171 e. The van der Waals surface area contributed by atoms with Gasteiger partial charge < -0.3 is 0 Å². The van der Waals surface area contributed by atoms with E-state index in [0.29, 0.717) is 30.1 Å². The van der Waals surface area contributed by atoms with E-state index in [1.54, 1.807) is 0 Å². The molecule has 5 rings (SSSR count). The van der Waals surface area contributed by atoms with Crippen molar-refractivity contribution >= 4 is 0 Å². The molecular weight excluding hydrogens is 357 g/mol. The van der Waals surface area contributed by atoms with Gasteiger partial charge in [-0.1, -0.05) is 32.6 Å². The van der Waals surface area contributed by atoms with Crippen LogP contribution in [0.15, 0.2) is 0 Å². The molecule has 28 heavy (non-hydrogen) atoms. The summed E-state index contributed by atoms with van der Waals surface area (Å²) in [6.45, 7) is 2.61. The Balaban J connectivity index is 1.23. The first-order chi connectivity index (χ1) is 13.4. The van der Waals surface area contributed by atoms with Gasteiger partial charge in [-0.25, -0.2) is 0 Å². The summed E-state index contributed by atoms with van der Waals surface area (Å²) in [4.78, 5) is 0. The van der Waals surface area contributed by atoms with E-state index < -0.39 is 12.1 Å². The maximum absolute atomic E-state index is 13.3. The minimum Gasteiger partial charge on any atom is -0.171 e. The van der Waals surface area contributed by atoms with E-state index in [4.69, 9.17) is 0 Å². The first kappa shape index (κ1) is 19.7. The van der Waals surface area contributed by atoms with E-state index in [1.807, 2.05) is 0 Å². The molecular formula is C25H39F3. The highest BCUT2D eigenvalue weighted by molar-refractivity contribution is 5.06. The minimum atomic E-state index is -3.97. The third kappa shape index (κ3) is 3.45. The van der Waals surface area contributed by atoms with Gasteiger partial charge >= 0.3 is 6.18 Å². The maximum atomic E-state index is 13.3. The molecule has 5 aliphatic carbocycles. The van der Waals surface area contributed by atoms with Crippen LogP contribution in [0.5, 0.6) is 0 Å². The highest BCUT2D eigenvalue weighted by Crippen LogP contribution is 2.65. The van der Waals surface area contributed by atoms with Crippen LogP contribution in [0.1, 0.15) is 96.8 Å². The monoisotopic (exact) mass is 396 g/mol. The Bertz CT molecular complexity index is 565. The predicted molar refractivity (Wildman–Crippen MR) is 107 cm³/mol. The summed E-state index contributed by atoms with van der Waals surface area (Å²) in [6.07, 6.45) is 12.9.